The lowest BCUT2D eigenvalue weighted by atomic mass is 10.3. The largest absolute Gasteiger partial charge is 0.479 e. The summed E-state index contributed by atoms with van der Waals surface area (Å²) < 4.78 is 24.5. The van der Waals surface area contributed by atoms with Crippen LogP contribution in [0.3, 0.4) is 0 Å². The normalized spacial score (nSPS) is 11.3. The molecular weight excluding hydrogens is 349 g/mol. The monoisotopic (exact) mass is 371 g/mol. The van der Waals surface area contributed by atoms with E-state index in [-0.39, 0.29) is 23.1 Å². The van der Waals surface area contributed by atoms with Crippen LogP contribution in [0.4, 0.5) is 10.1 Å². The molecule has 0 aliphatic carbocycles. The Balaban J connectivity index is 0.00000163. The third-order valence-corrected chi connectivity index (χ3v) is 3.11. The van der Waals surface area contributed by atoms with E-state index in [1.54, 1.807) is 6.92 Å². The molecule has 1 N–H and O–H groups in total. The van der Waals surface area contributed by atoms with Crippen molar-refractivity contribution in [1.82, 2.24) is 19.7 Å². The topological polar surface area (TPSA) is 125 Å². The number of methoxy groups -OCH3 is 1. The molecule has 0 radical (unpaired) electrons. The maximum Gasteiger partial charge on any atom is 0.353 e. The van der Waals surface area contributed by atoms with E-state index in [9.17, 15) is 14.5 Å². The van der Waals surface area contributed by atoms with Crippen molar-refractivity contribution in [2.24, 2.45) is 0 Å². The van der Waals surface area contributed by atoms with Crippen LogP contribution >= 0.6 is 0 Å². The van der Waals surface area contributed by atoms with E-state index in [2.05, 4.69) is 15.1 Å². The van der Waals surface area contributed by atoms with Crippen molar-refractivity contribution >= 4 is 5.69 Å². The highest BCUT2D eigenvalue weighted by Crippen LogP contribution is 2.33. The fraction of sp³-hybridized carbons (Fsp3) is 0.533. The molecule has 11 heteroatoms. The smallest absolute Gasteiger partial charge is 0.353 e. The number of aromatic nitrogens is 4. The van der Waals surface area contributed by atoms with Crippen LogP contribution in [0.1, 0.15) is 25.4 Å². The Morgan fingerprint density at radius 3 is 2.58 bits per heavy atom. The minimum atomic E-state index is -1.67. The number of nitro groups is 1. The molecule has 2 aromatic heterocycles. The molecule has 144 valence electrons. The zero-order valence-electron chi connectivity index (χ0n) is 15.3. The van der Waals surface area contributed by atoms with Crippen molar-refractivity contribution in [3.05, 3.63) is 27.8 Å². The summed E-state index contributed by atoms with van der Waals surface area (Å²) in [5, 5.41) is 23.9. The van der Waals surface area contributed by atoms with Gasteiger partial charge in [0.15, 0.2) is 6.17 Å². The van der Waals surface area contributed by atoms with Crippen LogP contribution in [0.5, 0.6) is 11.8 Å². The van der Waals surface area contributed by atoms with Gasteiger partial charge in [-0.25, -0.2) is 14.1 Å². The number of aliphatic hydroxyl groups excluding tert-OH is 1. The second-order valence-electron chi connectivity index (χ2n) is 4.81. The van der Waals surface area contributed by atoms with Crippen LogP contribution in [-0.2, 0) is 0 Å². The van der Waals surface area contributed by atoms with E-state index in [0.717, 1.165) is 0 Å². The Morgan fingerprint density at radius 2 is 2.04 bits per heavy atom. The third kappa shape index (κ3) is 4.63. The van der Waals surface area contributed by atoms with Crippen LogP contribution in [0.25, 0.3) is 5.69 Å². The highest BCUT2D eigenvalue weighted by atomic mass is 19.1. The van der Waals surface area contributed by atoms with Gasteiger partial charge in [0, 0.05) is 0 Å². The number of aryl methyl sites for hydroxylation is 1. The number of nitrogens with zero attached hydrogens (tertiary/aromatic N) is 5. The van der Waals surface area contributed by atoms with Crippen LogP contribution in [-0.4, -0.2) is 56.3 Å². The molecule has 0 amide bonds. The van der Waals surface area contributed by atoms with Crippen LogP contribution in [0.15, 0.2) is 6.20 Å². The van der Waals surface area contributed by atoms with E-state index in [1.807, 2.05) is 13.8 Å². The van der Waals surface area contributed by atoms with Gasteiger partial charge in [0.2, 0.25) is 5.88 Å². The molecule has 1 atom stereocenters. The number of ether oxygens (including phenoxy) is 2. The van der Waals surface area contributed by atoms with Gasteiger partial charge in [0.25, 0.3) is 0 Å². The molecule has 0 spiro atoms. The highest BCUT2D eigenvalue weighted by molar-refractivity contribution is 5.51. The fourth-order valence-electron chi connectivity index (χ4n) is 1.97. The molecule has 0 aliphatic heterocycles. The first-order valence-corrected chi connectivity index (χ1v) is 7.88. The number of hydrogen-bond donors (Lipinski definition) is 1. The summed E-state index contributed by atoms with van der Waals surface area (Å²) in [6.07, 6.45) is -0.271. The molecule has 0 bridgehead atoms. The lowest BCUT2D eigenvalue weighted by Gasteiger charge is -2.08. The first-order chi connectivity index (χ1) is 12.4. The molecule has 0 aromatic carbocycles. The summed E-state index contributed by atoms with van der Waals surface area (Å²) in [6.45, 7) is 5.80. The van der Waals surface area contributed by atoms with Crippen LogP contribution < -0.4 is 9.47 Å². The molecule has 10 nitrogen and oxygen atoms in total. The molecule has 2 aromatic rings. The molecule has 26 heavy (non-hydrogen) atoms. The Kier molecular flexibility index (Phi) is 7.84. The summed E-state index contributed by atoms with van der Waals surface area (Å²) in [5.74, 6) is 0.263. The number of hydrogen-bond acceptors (Lipinski definition) is 8. The highest BCUT2D eigenvalue weighted by Gasteiger charge is 2.29. The molecule has 2 heterocycles. The van der Waals surface area contributed by atoms with Crippen molar-refractivity contribution < 1.29 is 23.9 Å². The van der Waals surface area contributed by atoms with Crippen molar-refractivity contribution in [3.8, 4) is 17.4 Å². The molecule has 0 saturated heterocycles. The molecule has 0 fully saturated rings. The third-order valence-electron chi connectivity index (χ3n) is 3.11. The molecule has 0 saturated carbocycles. The Hall–Kier alpha value is -2.82. The summed E-state index contributed by atoms with van der Waals surface area (Å²) >= 11 is 0. The second kappa shape index (κ2) is 9.61. The van der Waals surface area contributed by atoms with E-state index < -0.39 is 30.0 Å². The summed E-state index contributed by atoms with van der Waals surface area (Å²) in [6, 6.07) is 0. The minimum Gasteiger partial charge on any atom is -0.479 e. The maximum atomic E-state index is 13.1. The quantitative estimate of drug-likeness (QED) is 0.578. The van der Waals surface area contributed by atoms with E-state index >= 15 is 0 Å². The fourth-order valence-corrected chi connectivity index (χ4v) is 1.97. The van der Waals surface area contributed by atoms with Gasteiger partial charge in [0.1, 0.15) is 23.8 Å². The first kappa shape index (κ1) is 21.2. The SMILES string of the molecule is CC.COc1nc(C)ncc1-n1nc(OCC(F)CO)c([N+](=O)[O-])c1C. The average Bonchev–Trinajstić information content (AvgIpc) is 2.97. The van der Waals surface area contributed by atoms with E-state index in [1.165, 1.54) is 24.9 Å². The Bertz CT molecular complexity index is 752. The zero-order valence-corrected chi connectivity index (χ0v) is 15.3. The first-order valence-electron chi connectivity index (χ1n) is 7.88. The Morgan fingerprint density at radius 1 is 1.38 bits per heavy atom. The van der Waals surface area contributed by atoms with E-state index in [0.29, 0.717) is 5.82 Å². The summed E-state index contributed by atoms with van der Waals surface area (Å²) in [5.41, 5.74) is 0.000402. The molecule has 1 unspecified atom stereocenters. The number of aliphatic hydroxyl groups is 1. The average molecular weight is 371 g/mol. The number of rotatable bonds is 7. The van der Waals surface area contributed by atoms with Gasteiger partial charge in [-0.05, 0) is 13.8 Å². The van der Waals surface area contributed by atoms with Gasteiger partial charge in [-0.3, -0.25) is 10.1 Å². The van der Waals surface area contributed by atoms with Gasteiger partial charge in [-0.15, -0.1) is 5.10 Å². The van der Waals surface area contributed by atoms with Crippen molar-refractivity contribution in [2.75, 3.05) is 20.3 Å². The minimum absolute atomic E-state index is 0.139. The van der Waals surface area contributed by atoms with Gasteiger partial charge in [-0.1, -0.05) is 13.8 Å². The molecule has 0 aliphatic rings. The maximum absolute atomic E-state index is 13.1. The number of alkyl halides is 1. The lowest BCUT2D eigenvalue weighted by molar-refractivity contribution is -0.386. The molecule has 2 rings (SSSR count). The van der Waals surface area contributed by atoms with Gasteiger partial charge < -0.3 is 14.6 Å². The Labute approximate surface area is 149 Å². The lowest BCUT2D eigenvalue weighted by Crippen LogP contribution is -2.17. The van der Waals surface area contributed by atoms with Gasteiger partial charge in [0.05, 0.1) is 24.8 Å². The van der Waals surface area contributed by atoms with Crippen LogP contribution in [0, 0.1) is 24.0 Å². The number of halogens is 1. The summed E-state index contributed by atoms with van der Waals surface area (Å²) in [4.78, 5) is 18.7. The standard InChI is InChI=1S/C13H16FN5O5.C2H6/c1-7-11(19(21)22)13(24-6-9(14)5-20)17-18(7)10-4-15-8(2)16-12(10)23-3;1-2/h4,9,20H,5-6H2,1-3H3;1-2H3. The van der Waals surface area contributed by atoms with Crippen LogP contribution in [0.2, 0.25) is 0 Å². The zero-order chi connectivity index (χ0) is 19.9. The van der Waals surface area contributed by atoms with Crippen molar-refractivity contribution in [1.29, 1.82) is 0 Å². The van der Waals surface area contributed by atoms with Crippen molar-refractivity contribution in [2.45, 2.75) is 33.9 Å². The molecular formula is C15H22FN5O5. The van der Waals surface area contributed by atoms with Gasteiger partial charge >= 0.3 is 11.6 Å². The predicted molar refractivity (Wildman–Crippen MR) is 90.7 cm³/mol. The second-order valence-corrected chi connectivity index (χ2v) is 4.81. The summed E-state index contributed by atoms with van der Waals surface area (Å²) in [7, 11) is 1.39. The predicted octanol–water partition coefficient (Wildman–Crippen LogP) is 1.93. The van der Waals surface area contributed by atoms with E-state index in [4.69, 9.17) is 14.6 Å². The van der Waals surface area contributed by atoms with Gasteiger partial charge in [-0.2, -0.15) is 4.98 Å². The van der Waals surface area contributed by atoms with Crippen molar-refractivity contribution in [3.63, 3.8) is 0 Å².